The Morgan fingerprint density at radius 1 is 1.33 bits per heavy atom. The zero-order valence-corrected chi connectivity index (χ0v) is 4.13. The van der Waals surface area contributed by atoms with Crippen molar-refractivity contribution in [1.29, 1.82) is 0 Å². The topological polar surface area (TPSA) is 17.1 Å². The molecule has 0 N–H and O–H groups in total. The van der Waals surface area contributed by atoms with Crippen LogP contribution in [0.5, 0.6) is 0 Å². The van der Waals surface area contributed by atoms with E-state index in [-0.39, 0.29) is 25.6 Å². The van der Waals surface area contributed by atoms with Crippen LogP contribution in [-0.4, -0.2) is 5.78 Å². The minimum absolute atomic E-state index is 0. The smallest absolute Gasteiger partial charge is 0.126 e. The van der Waals surface area contributed by atoms with Gasteiger partial charge >= 0.3 is 0 Å². The molecule has 0 spiro atoms. The summed E-state index contributed by atoms with van der Waals surface area (Å²) in [7, 11) is 0. The third-order valence-corrected chi connectivity index (χ3v) is 0. The number of hydrogen-bond donors (Lipinski definition) is 0. The average Bonchev–Trinajstić information content (AvgIpc) is 0.811. The van der Waals surface area contributed by atoms with Crippen LogP contribution in [0.4, 0.5) is 0 Å². The normalized spacial score (nSPS) is 4.33. The monoisotopic (exact) mass is 110 g/mol. The summed E-state index contributed by atoms with van der Waals surface area (Å²) in [4.78, 5) is 9.44. The van der Waals surface area contributed by atoms with E-state index in [9.17, 15) is 4.79 Å². The Morgan fingerprint density at radius 2 is 1.33 bits per heavy atom. The molecule has 0 atom stereocenters. The highest BCUT2D eigenvalue weighted by Gasteiger charge is 1.62. The van der Waals surface area contributed by atoms with E-state index in [1.54, 1.807) is 0 Å². The van der Waals surface area contributed by atoms with E-state index in [1.165, 1.54) is 13.8 Å². The molecule has 0 saturated heterocycles. The zero-order valence-electron chi connectivity index (χ0n) is 3.32. The van der Waals surface area contributed by atoms with Gasteiger partial charge in [0.2, 0.25) is 0 Å². The van der Waals surface area contributed by atoms with Crippen molar-refractivity contribution in [2.75, 3.05) is 0 Å². The van der Waals surface area contributed by atoms with E-state index >= 15 is 0 Å². The van der Waals surface area contributed by atoms with E-state index in [2.05, 4.69) is 0 Å². The summed E-state index contributed by atoms with van der Waals surface area (Å²) in [6.45, 7) is 3.06. The van der Waals surface area contributed by atoms with Gasteiger partial charge in [-0.3, -0.25) is 0 Å². The Balaban J connectivity index is -0.0000000450. The standard InChI is InChI=1S/C3H6O.CH4.ClH/c1-3(2)4;;/h1-2H3;1H4;1H. The van der Waals surface area contributed by atoms with Gasteiger partial charge < -0.3 is 4.79 Å². The fourth-order valence-electron chi connectivity index (χ4n) is 0. The van der Waals surface area contributed by atoms with Crippen LogP contribution in [0.3, 0.4) is 0 Å². The number of rotatable bonds is 0. The molecular weight excluding hydrogens is 99.5 g/mol. The maximum Gasteiger partial charge on any atom is 0.126 e. The van der Waals surface area contributed by atoms with Gasteiger partial charge in [0.05, 0.1) is 0 Å². The largest absolute Gasteiger partial charge is 0.300 e. The second-order valence-electron chi connectivity index (χ2n) is 0.908. The van der Waals surface area contributed by atoms with Crippen LogP contribution in [0.1, 0.15) is 21.3 Å². The third kappa shape index (κ3) is 21700. The molecule has 0 aromatic heterocycles. The quantitative estimate of drug-likeness (QED) is 0.464. The van der Waals surface area contributed by atoms with Gasteiger partial charge in [0.15, 0.2) is 0 Å². The molecule has 2 heteroatoms. The first-order valence-corrected chi connectivity index (χ1v) is 1.20. The summed E-state index contributed by atoms with van der Waals surface area (Å²) < 4.78 is 0. The van der Waals surface area contributed by atoms with Gasteiger partial charge in [-0.25, -0.2) is 0 Å². The zero-order chi connectivity index (χ0) is 3.58. The number of ketones is 1. The fourth-order valence-corrected chi connectivity index (χ4v) is 0. The maximum absolute atomic E-state index is 9.44. The molecule has 0 aliphatic carbocycles. The molecule has 0 heterocycles. The number of carbonyl (C=O) groups is 1. The van der Waals surface area contributed by atoms with Crippen molar-refractivity contribution in [2.24, 2.45) is 0 Å². The highest BCUT2D eigenvalue weighted by molar-refractivity contribution is 5.85. The molecule has 0 aliphatic rings. The maximum atomic E-state index is 9.44. The molecular formula is C4H11ClO. The van der Waals surface area contributed by atoms with Crippen molar-refractivity contribution in [1.82, 2.24) is 0 Å². The molecule has 0 unspecified atom stereocenters. The third-order valence-electron chi connectivity index (χ3n) is 0. The van der Waals surface area contributed by atoms with Crippen LogP contribution in [0.2, 0.25) is 0 Å². The first-order chi connectivity index (χ1) is 1.73. The average molecular weight is 111 g/mol. The molecule has 0 saturated carbocycles. The Morgan fingerprint density at radius 3 is 1.33 bits per heavy atom. The van der Waals surface area contributed by atoms with Gasteiger partial charge in [-0.1, -0.05) is 7.43 Å². The van der Waals surface area contributed by atoms with E-state index in [0.29, 0.717) is 0 Å². The van der Waals surface area contributed by atoms with Gasteiger partial charge in [0, 0.05) is 0 Å². The van der Waals surface area contributed by atoms with Crippen LogP contribution in [0, 0.1) is 0 Å². The highest BCUT2D eigenvalue weighted by atomic mass is 35.5. The summed E-state index contributed by atoms with van der Waals surface area (Å²) in [5, 5.41) is 0. The van der Waals surface area contributed by atoms with Gasteiger partial charge in [-0.15, -0.1) is 12.4 Å². The fraction of sp³-hybridized carbons (Fsp3) is 0.750. The highest BCUT2D eigenvalue weighted by Crippen LogP contribution is 1.50. The predicted molar refractivity (Wildman–Crippen MR) is 30.3 cm³/mol. The molecule has 0 aromatic carbocycles. The summed E-state index contributed by atoms with van der Waals surface area (Å²) in [6.07, 6.45) is 0. The van der Waals surface area contributed by atoms with E-state index < -0.39 is 0 Å². The molecule has 0 rings (SSSR count). The lowest BCUT2D eigenvalue weighted by Crippen LogP contribution is -1.69. The van der Waals surface area contributed by atoms with Gasteiger partial charge in [0.25, 0.3) is 0 Å². The van der Waals surface area contributed by atoms with Gasteiger partial charge in [0.1, 0.15) is 5.78 Å². The second-order valence-corrected chi connectivity index (χ2v) is 0.908. The molecule has 0 bridgehead atoms. The van der Waals surface area contributed by atoms with Crippen LogP contribution in [0.15, 0.2) is 0 Å². The number of carbonyl (C=O) groups excluding carboxylic acids is 1. The summed E-state index contributed by atoms with van der Waals surface area (Å²) in [5.74, 6) is 0.167. The van der Waals surface area contributed by atoms with Crippen molar-refractivity contribution < 1.29 is 4.79 Å². The lowest BCUT2D eigenvalue weighted by molar-refractivity contribution is -0.114. The van der Waals surface area contributed by atoms with Crippen molar-refractivity contribution in [2.45, 2.75) is 21.3 Å². The molecule has 6 heavy (non-hydrogen) atoms. The molecule has 0 fully saturated rings. The van der Waals surface area contributed by atoms with Gasteiger partial charge in [-0.05, 0) is 13.8 Å². The Bertz CT molecular complexity index is 30.5. The van der Waals surface area contributed by atoms with Crippen LogP contribution < -0.4 is 0 Å². The first-order valence-electron chi connectivity index (χ1n) is 1.20. The number of Topliss-reactive ketones (excluding diaryl/α,β-unsaturated/α-hetero) is 1. The van der Waals surface area contributed by atoms with Crippen LogP contribution in [0.25, 0.3) is 0 Å². The number of hydrogen-bond acceptors (Lipinski definition) is 1. The van der Waals surface area contributed by atoms with E-state index in [0.717, 1.165) is 0 Å². The summed E-state index contributed by atoms with van der Waals surface area (Å²) in [5.41, 5.74) is 0. The molecule has 0 aromatic rings. The van der Waals surface area contributed by atoms with Gasteiger partial charge in [-0.2, -0.15) is 0 Å². The van der Waals surface area contributed by atoms with Crippen molar-refractivity contribution >= 4 is 18.2 Å². The SMILES string of the molecule is C.CC(C)=O.Cl. The summed E-state index contributed by atoms with van der Waals surface area (Å²) in [6, 6.07) is 0. The minimum Gasteiger partial charge on any atom is -0.300 e. The lowest BCUT2D eigenvalue weighted by Gasteiger charge is -1.56. The van der Waals surface area contributed by atoms with Crippen molar-refractivity contribution in [3.8, 4) is 0 Å². The Hall–Kier alpha value is -0.0400. The van der Waals surface area contributed by atoms with E-state index in [1.807, 2.05) is 0 Å². The Kier molecular flexibility index (Phi) is 24.8. The van der Waals surface area contributed by atoms with Crippen LogP contribution in [-0.2, 0) is 4.79 Å². The molecule has 0 amide bonds. The molecule has 40 valence electrons. The van der Waals surface area contributed by atoms with Crippen LogP contribution >= 0.6 is 12.4 Å². The minimum atomic E-state index is 0. The molecule has 0 radical (unpaired) electrons. The van der Waals surface area contributed by atoms with Crippen molar-refractivity contribution in [3.63, 3.8) is 0 Å². The van der Waals surface area contributed by atoms with E-state index in [4.69, 9.17) is 0 Å². The predicted octanol–water partition coefficient (Wildman–Crippen LogP) is 1.65. The second kappa shape index (κ2) is 8.88. The van der Waals surface area contributed by atoms with Crippen molar-refractivity contribution in [3.05, 3.63) is 0 Å². The Labute approximate surface area is 45.2 Å². The summed E-state index contributed by atoms with van der Waals surface area (Å²) >= 11 is 0. The number of halogens is 1. The lowest BCUT2D eigenvalue weighted by atomic mass is 10.6. The first kappa shape index (κ1) is 16.7. The molecule has 1 nitrogen and oxygen atoms in total. The molecule has 0 aliphatic heterocycles.